The molecule has 1 N–H and O–H groups in total. The largest absolute Gasteiger partial charge is 0.437 e. The van der Waals surface area contributed by atoms with Crippen molar-refractivity contribution < 1.29 is 14.3 Å². The number of ether oxygens (including phenoxy) is 2. The lowest BCUT2D eigenvalue weighted by molar-refractivity contribution is 0.0931. The number of aromatic nitrogens is 2. The van der Waals surface area contributed by atoms with Gasteiger partial charge in [0, 0.05) is 32.8 Å². The average Bonchev–Trinajstić information content (AvgIpc) is 2.90. The number of fused-ring (bicyclic) bond motifs is 1. The summed E-state index contributed by atoms with van der Waals surface area (Å²) in [5.41, 5.74) is 3.02. The highest BCUT2D eigenvalue weighted by Gasteiger charge is 2.26. The van der Waals surface area contributed by atoms with Crippen LogP contribution in [0.3, 0.4) is 0 Å². The van der Waals surface area contributed by atoms with E-state index >= 15 is 0 Å². The zero-order valence-electron chi connectivity index (χ0n) is 16.9. The van der Waals surface area contributed by atoms with Crippen molar-refractivity contribution >= 4 is 5.91 Å². The Labute approximate surface area is 171 Å². The molecular formula is C22H28N4O3. The quantitative estimate of drug-likeness (QED) is 0.725. The Morgan fingerprint density at radius 2 is 2.00 bits per heavy atom. The van der Waals surface area contributed by atoms with E-state index in [9.17, 15) is 4.79 Å². The maximum atomic E-state index is 12.0. The van der Waals surface area contributed by atoms with Gasteiger partial charge in [0.05, 0.1) is 19.0 Å². The lowest BCUT2D eigenvalue weighted by Gasteiger charge is -2.36. The molecule has 1 aliphatic carbocycles. The highest BCUT2D eigenvalue weighted by Crippen LogP contribution is 2.29. The smallest absolute Gasteiger partial charge is 0.271 e. The summed E-state index contributed by atoms with van der Waals surface area (Å²) in [6, 6.07) is 7.07. The lowest BCUT2D eigenvalue weighted by Crippen LogP contribution is -2.41. The van der Waals surface area contributed by atoms with Gasteiger partial charge in [-0.1, -0.05) is 12.5 Å². The molecule has 1 aromatic heterocycles. The topological polar surface area (TPSA) is 76.6 Å². The van der Waals surface area contributed by atoms with E-state index in [-0.39, 0.29) is 11.6 Å². The van der Waals surface area contributed by atoms with Crippen LogP contribution >= 0.6 is 0 Å². The van der Waals surface area contributed by atoms with Crippen LogP contribution in [0.2, 0.25) is 0 Å². The number of amides is 1. The van der Waals surface area contributed by atoms with Crippen molar-refractivity contribution in [1.82, 2.24) is 20.2 Å². The van der Waals surface area contributed by atoms with Crippen molar-refractivity contribution in [3.63, 3.8) is 0 Å². The predicted octanol–water partition coefficient (Wildman–Crippen LogP) is 2.60. The minimum atomic E-state index is -0.276. The van der Waals surface area contributed by atoms with E-state index in [2.05, 4.69) is 32.3 Å². The molecule has 4 rings (SSSR count). The molecule has 7 heteroatoms. The van der Waals surface area contributed by atoms with Crippen LogP contribution in [0.5, 0.6) is 11.6 Å². The van der Waals surface area contributed by atoms with Gasteiger partial charge >= 0.3 is 0 Å². The van der Waals surface area contributed by atoms with Gasteiger partial charge in [-0.25, -0.2) is 9.97 Å². The van der Waals surface area contributed by atoms with E-state index in [4.69, 9.17) is 9.47 Å². The van der Waals surface area contributed by atoms with Gasteiger partial charge in [0.2, 0.25) is 5.88 Å². The summed E-state index contributed by atoms with van der Waals surface area (Å²) in [5, 5.41) is 2.72. The fraction of sp³-hybridized carbons (Fsp3) is 0.500. The first-order chi connectivity index (χ1) is 14.2. The van der Waals surface area contributed by atoms with E-state index in [1.807, 2.05) is 6.07 Å². The molecule has 2 aliphatic rings. The predicted molar refractivity (Wildman–Crippen MR) is 109 cm³/mol. The molecule has 0 radical (unpaired) electrons. The number of hydrogen-bond donors (Lipinski definition) is 1. The molecule has 1 aliphatic heterocycles. The molecule has 0 spiro atoms. The Kier molecular flexibility index (Phi) is 6.36. The lowest BCUT2D eigenvalue weighted by atomic mass is 9.91. The number of methoxy groups -OCH3 is 1. The standard InChI is InChI=1S/C22H28N4O3/c1-28-12-9-23-22(27)20-14-25-21(15-24-20)29-19-6-5-16-7-10-26(18-3-2-4-18)11-8-17(16)13-19/h5-6,13-15,18H,2-4,7-12H2,1H3,(H,23,27). The summed E-state index contributed by atoms with van der Waals surface area (Å²) in [4.78, 5) is 23.0. The Balaban J connectivity index is 1.36. The second-order valence-electron chi connectivity index (χ2n) is 7.64. The molecule has 0 saturated heterocycles. The van der Waals surface area contributed by atoms with E-state index < -0.39 is 0 Å². The van der Waals surface area contributed by atoms with Crippen LogP contribution in [-0.2, 0) is 17.6 Å². The van der Waals surface area contributed by atoms with Crippen molar-refractivity contribution in [2.75, 3.05) is 33.4 Å². The third-order valence-corrected chi connectivity index (χ3v) is 5.78. The Morgan fingerprint density at radius 1 is 1.17 bits per heavy atom. The van der Waals surface area contributed by atoms with E-state index in [0.29, 0.717) is 19.0 Å². The summed E-state index contributed by atoms with van der Waals surface area (Å²) >= 11 is 0. The number of benzene rings is 1. The van der Waals surface area contributed by atoms with Crippen molar-refractivity contribution in [1.29, 1.82) is 0 Å². The monoisotopic (exact) mass is 396 g/mol. The molecule has 1 aromatic carbocycles. The zero-order chi connectivity index (χ0) is 20.1. The third-order valence-electron chi connectivity index (χ3n) is 5.78. The fourth-order valence-corrected chi connectivity index (χ4v) is 3.86. The van der Waals surface area contributed by atoms with Crippen molar-refractivity contribution in [2.45, 2.75) is 38.1 Å². The number of nitrogens with one attached hydrogen (secondary N) is 1. The summed E-state index contributed by atoms with van der Waals surface area (Å²) in [5.74, 6) is 0.859. The molecule has 7 nitrogen and oxygen atoms in total. The Hall–Kier alpha value is -2.51. The van der Waals surface area contributed by atoms with Gasteiger partial charge < -0.3 is 14.8 Å². The summed E-state index contributed by atoms with van der Waals surface area (Å²) in [6.07, 6.45) is 9.13. The van der Waals surface area contributed by atoms with Crippen molar-refractivity contribution in [2.24, 2.45) is 0 Å². The van der Waals surface area contributed by atoms with Crippen molar-refractivity contribution in [3.8, 4) is 11.6 Å². The van der Waals surface area contributed by atoms with E-state index in [1.54, 1.807) is 7.11 Å². The van der Waals surface area contributed by atoms with Gasteiger partial charge in [0.15, 0.2) is 0 Å². The molecule has 1 amide bonds. The molecule has 154 valence electrons. The van der Waals surface area contributed by atoms with E-state index in [0.717, 1.165) is 37.7 Å². The molecule has 0 unspecified atom stereocenters. The summed E-state index contributed by atoms with van der Waals surface area (Å²) in [7, 11) is 1.59. The first-order valence-electron chi connectivity index (χ1n) is 10.4. The molecule has 2 aromatic rings. The maximum Gasteiger partial charge on any atom is 0.271 e. The number of carbonyl (C=O) groups is 1. The molecule has 29 heavy (non-hydrogen) atoms. The molecule has 0 atom stereocenters. The molecule has 1 fully saturated rings. The van der Waals surface area contributed by atoms with Crippen molar-refractivity contribution in [3.05, 3.63) is 47.4 Å². The fourth-order valence-electron chi connectivity index (χ4n) is 3.86. The van der Waals surface area contributed by atoms with Crippen LogP contribution in [0, 0.1) is 0 Å². The molecule has 1 saturated carbocycles. The zero-order valence-corrected chi connectivity index (χ0v) is 16.9. The van der Waals surface area contributed by atoms with Crippen LogP contribution in [0.25, 0.3) is 0 Å². The second-order valence-corrected chi connectivity index (χ2v) is 7.64. The average molecular weight is 396 g/mol. The maximum absolute atomic E-state index is 12.0. The molecular weight excluding hydrogens is 368 g/mol. The van der Waals surface area contributed by atoms with Gasteiger partial charge in [-0.2, -0.15) is 0 Å². The number of carbonyl (C=O) groups excluding carboxylic acids is 1. The van der Waals surface area contributed by atoms with Crippen LogP contribution in [0.4, 0.5) is 0 Å². The summed E-state index contributed by atoms with van der Waals surface area (Å²) < 4.78 is 10.8. The van der Waals surface area contributed by atoms with Crippen LogP contribution in [-0.4, -0.2) is 60.2 Å². The Morgan fingerprint density at radius 3 is 2.69 bits per heavy atom. The number of nitrogens with zero attached hydrogens (tertiary/aromatic N) is 3. The highest BCUT2D eigenvalue weighted by molar-refractivity contribution is 5.91. The highest BCUT2D eigenvalue weighted by atomic mass is 16.5. The van der Waals surface area contributed by atoms with E-state index in [1.165, 1.54) is 42.8 Å². The normalized spacial score (nSPS) is 17.1. The first-order valence-corrected chi connectivity index (χ1v) is 10.4. The van der Waals surface area contributed by atoms with Crippen LogP contribution in [0.1, 0.15) is 40.9 Å². The Bertz CT molecular complexity index is 836. The minimum Gasteiger partial charge on any atom is -0.437 e. The van der Waals surface area contributed by atoms with Gasteiger partial charge in [-0.05, 0) is 48.9 Å². The van der Waals surface area contributed by atoms with Gasteiger partial charge in [0.25, 0.3) is 5.91 Å². The van der Waals surface area contributed by atoms with Crippen LogP contribution < -0.4 is 10.1 Å². The SMILES string of the molecule is COCCNC(=O)c1cnc(Oc2ccc3c(c2)CCN(C2CCC2)CC3)cn1. The van der Waals surface area contributed by atoms with Gasteiger partial charge in [-0.3, -0.25) is 9.69 Å². The molecule has 2 heterocycles. The number of rotatable bonds is 7. The molecule has 0 bridgehead atoms. The van der Waals surface area contributed by atoms with Gasteiger partial charge in [0.1, 0.15) is 11.4 Å². The number of hydrogen-bond acceptors (Lipinski definition) is 6. The second kappa shape index (κ2) is 9.33. The first kappa shape index (κ1) is 19.8. The minimum absolute atomic E-state index is 0.256. The van der Waals surface area contributed by atoms with Gasteiger partial charge in [-0.15, -0.1) is 0 Å². The third kappa shape index (κ3) is 4.92. The van der Waals surface area contributed by atoms with Crippen LogP contribution in [0.15, 0.2) is 30.6 Å². The summed E-state index contributed by atoms with van der Waals surface area (Å²) in [6.45, 7) is 3.16.